The Morgan fingerprint density at radius 3 is 1.14 bits per heavy atom. The molecule has 0 fully saturated rings. The van der Waals surface area contributed by atoms with E-state index in [1.165, 1.54) is 0 Å². The predicted molar refractivity (Wildman–Crippen MR) is 111 cm³/mol. The number of halogens is 6. The van der Waals surface area contributed by atoms with Crippen molar-refractivity contribution in [1.82, 2.24) is 0 Å². The van der Waals surface area contributed by atoms with Gasteiger partial charge in [-0.3, -0.25) is 28.8 Å². The summed E-state index contributed by atoms with van der Waals surface area (Å²) in [6, 6.07) is 2.55. The van der Waals surface area contributed by atoms with Gasteiger partial charge >= 0.3 is 12.4 Å². The Kier molecular flexibility index (Phi) is 5.66. The van der Waals surface area contributed by atoms with Crippen molar-refractivity contribution in [3.8, 4) is 0 Å². The van der Waals surface area contributed by atoms with Crippen molar-refractivity contribution in [3.63, 3.8) is 0 Å². The van der Waals surface area contributed by atoms with Crippen LogP contribution in [0.3, 0.4) is 0 Å². The second kappa shape index (κ2) is 8.02. The third-order valence-electron chi connectivity index (χ3n) is 6.68. The van der Waals surface area contributed by atoms with Crippen LogP contribution in [0.4, 0.5) is 26.3 Å². The lowest BCUT2D eigenvalue weighted by Gasteiger charge is -2.38. The van der Waals surface area contributed by atoms with Gasteiger partial charge in [0.2, 0.25) is 5.41 Å². The second-order valence-electron chi connectivity index (χ2n) is 8.81. The minimum atomic E-state index is -6.11. The van der Waals surface area contributed by atoms with Crippen LogP contribution in [0.5, 0.6) is 0 Å². The smallest absolute Gasteiger partial charge is 0.299 e. The molecular formula is C25H14F6O6. The highest BCUT2D eigenvalue weighted by Crippen LogP contribution is 2.57. The first-order valence-electron chi connectivity index (χ1n) is 10.6. The number of carbonyl (C=O) groups is 6. The molecule has 2 aliphatic carbocycles. The van der Waals surface area contributed by atoms with Gasteiger partial charge in [-0.05, 0) is 37.1 Å². The maximum Gasteiger partial charge on any atom is 0.411 e. The molecule has 6 nitrogen and oxygen atoms in total. The van der Waals surface area contributed by atoms with E-state index in [1.54, 1.807) is 0 Å². The van der Waals surface area contributed by atoms with Crippen LogP contribution in [-0.2, 0) is 15.0 Å². The largest absolute Gasteiger partial charge is 0.411 e. The summed E-state index contributed by atoms with van der Waals surface area (Å²) in [5.41, 5.74) is -10.3. The van der Waals surface area contributed by atoms with Gasteiger partial charge in [0, 0.05) is 22.3 Å². The lowest BCUT2D eigenvalue weighted by molar-refractivity contribution is -0.288. The summed E-state index contributed by atoms with van der Waals surface area (Å²) in [5.74, 6) is -10.1. The third-order valence-corrected chi connectivity index (χ3v) is 6.68. The van der Waals surface area contributed by atoms with Gasteiger partial charge in [0.15, 0.2) is 23.1 Å². The van der Waals surface area contributed by atoms with Crippen LogP contribution in [0.1, 0.15) is 66.4 Å². The van der Waals surface area contributed by atoms with E-state index in [2.05, 4.69) is 0 Å². The Hall–Kier alpha value is -3.96. The molecule has 12 heteroatoms. The highest BCUT2D eigenvalue weighted by molar-refractivity contribution is 6.36. The number of alkyl halides is 6. The fraction of sp³-hybridized carbons (Fsp3) is 0.280. The Balaban J connectivity index is 2.03. The van der Waals surface area contributed by atoms with Crippen LogP contribution < -0.4 is 0 Å². The van der Waals surface area contributed by atoms with Gasteiger partial charge < -0.3 is 0 Å². The maximum atomic E-state index is 14.6. The van der Waals surface area contributed by atoms with Gasteiger partial charge in [-0.2, -0.15) is 26.3 Å². The highest BCUT2D eigenvalue weighted by Gasteiger charge is 2.73. The van der Waals surface area contributed by atoms with Gasteiger partial charge in [-0.25, -0.2) is 0 Å². The Bertz CT molecular complexity index is 1340. The van der Waals surface area contributed by atoms with Crippen LogP contribution >= 0.6 is 0 Å². The van der Waals surface area contributed by atoms with Crippen molar-refractivity contribution in [3.05, 3.63) is 69.8 Å². The predicted octanol–water partition coefficient (Wildman–Crippen LogP) is 4.27. The molecule has 0 saturated carbocycles. The summed E-state index contributed by atoms with van der Waals surface area (Å²) >= 11 is 0. The van der Waals surface area contributed by atoms with E-state index in [0.717, 1.165) is 13.8 Å². The minimum absolute atomic E-state index is 0.276. The lowest BCUT2D eigenvalue weighted by Crippen LogP contribution is -2.55. The number of fused-ring (bicyclic) bond motifs is 2. The number of hydrogen-bond donors (Lipinski definition) is 0. The van der Waals surface area contributed by atoms with Crippen LogP contribution in [0.15, 0.2) is 36.4 Å². The van der Waals surface area contributed by atoms with Crippen LogP contribution in [0.25, 0.3) is 0 Å². The average Bonchev–Trinajstić information content (AvgIpc) is 3.16. The highest BCUT2D eigenvalue weighted by atomic mass is 19.4. The number of benzene rings is 2. The SMILES string of the molecule is CC(=O)C1C(=O)c2ccc(C(c3ccc4c(c3)C(=O)C(C(C)=O)C4=O)(C(F)(F)F)C(F)(F)F)cc2C1=O. The van der Waals surface area contributed by atoms with Crippen LogP contribution in [0, 0.1) is 11.8 Å². The van der Waals surface area contributed by atoms with Gasteiger partial charge in [-0.15, -0.1) is 0 Å². The molecule has 2 aliphatic rings. The summed E-state index contributed by atoms with van der Waals surface area (Å²) in [5, 5.41) is 0. The van der Waals surface area contributed by atoms with Gasteiger partial charge in [0.05, 0.1) is 0 Å². The van der Waals surface area contributed by atoms with E-state index in [-0.39, 0.29) is 12.1 Å². The topological polar surface area (TPSA) is 102 Å². The van der Waals surface area contributed by atoms with Crippen molar-refractivity contribution in [2.45, 2.75) is 31.6 Å². The zero-order chi connectivity index (χ0) is 27.8. The van der Waals surface area contributed by atoms with E-state index in [4.69, 9.17) is 0 Å². The molecule has 2 atom stereocenters. The van der Waals surface area contributed by atoms with E-state index in [0.29, 0.717) is 24.3 Å². The summed E-state index contributed by atoms with van der Waals surface area (Å²) in [4.78, 5) is 73.3. The summed E-state index contributed by atoms with van der Waals surface area (Å²) < 4.78 is 87.4. The van der Waals surface area contributed by atoms with E-state index in [1.807, 2.05) is 0 Å². The second-order valence-corrected chi connectivity index (χ2v) is 8.81. The summed E-state index contributed by atoms with van der Waals surface area (Å²) in [6.07, 6.45) is -12.2. The number of rotatable bonds is 4. The number of ketones is 6. The molecule has 0 aliphatic heterocycles. The first-order chi connectivity index (χ1) is 17.0. The Morgan fingerprint density at radius 1 is 0.568 bits per heavy atom. The molecule has 192 valence electrons. The first-order valence-corrected chi connectivity index (χ1v) is 10.6. The molecule has 2 unspecified atom stereocenters. The zero-order valence-electron chi connectivity index (χ0n) is 18.8. The van der Waals surface area contributed by atoms with E-state index in [9.17, 15) is 55.1 Å². The van der Waals surface area contributed by atoms with Gasteiger partial charge in [0.25, 0.3) is 0 Å². The monoisotopic (exact) mass is 524 g/mol. The molecule has 2 aromatic rings. The number of Topliss-reactive ketones (excluding diaryl/α,β-unsaturated/α-hetero) is 6. The van der Waals surface area contributed by atoms with Crippen molar-refractivity contribution < 1.29 is 55.1 Å². The summed E-state index contributed by atoms with van der Waals surface area (Å²) in [6.45, 7) is 1.78. The van der Waals surface area contributed by atoms with Crippen molar-refractivity contribution in [2.24, 2.45) is 11.8 Å². The first kappa shape index (κ1) is 26.1. The minimum Gasteiger partial charge on any atom is -0.299 e. The van der Waals surface area contributed by atoms with Crippen molar-refractivity contribution in [1.29, 1.82) is 0 Å². The molecule has 0 amide bonds. The molecule has 0 radical (unpaired) electrons. The molecule has 0 saturated heterocycles. The number of hydrogen-bond acceptors (Lipinski definition) is 6. The maximum absolute atomic E-state index is 14.6. The van der Waals surface area contributed by atoms with Gasteiger partial charge in [0.1, 0.15) is 23.4 Å². The Morgan fingerprint density at radius 2 is 0.865 bits per heavy atom. The van der Waals surface area contributed by atoms with Gasteiger partial charge in [-0.1, -0.05) is 24.3 Å². The van der Waals surface area contributed by atoms with E-state index >= 15 is 0 Å². The molecule has 0 aromatic heterocycles. The molecule has 37 heavy (non-hydrogen) atoms. The molecule has 0 spiro atoms. The molecule has 2 aromatic carbocycles. The zero-order valence-corrected chi connectivity index (χ0v) is 18.8. The Labute approximate surface area is 203 Å². The lowest BCUT2D eigenvalue weighted by atomic mass is 9.71. The molecular weight excluding hydrogens is 510 g/mol. The average molecular weight is 524 g/mol. The molecule has 0 bridgehead atoms. The standard InChI is InChI=1S/C25H14F6O6/c1-9(32)17-19(34)13-5-3-11(7-15(13)21(17)36)23(24(26,27)28,25(29,30)31)12-4-6-14-16(8-12)22(37)18(10(2)33)20(14)35/h3-8,17-18H,1-2H3. The molecule has 4 rings (SSSR count). The molecule has 0 heterocycles. The molecule has 0 N–H and O–H groups in total. The van der Waals surface area contributed by atoms with Crippen molar-refractivity contribution in [2.75, 3.05) is 0 Å². The fourth-order valence-corrected chi connectivity index (χ4v) is 4.97. The summed E-state index contributed by atoms with van der Waals surface area (Å²) in [7, 11) is 0. The van der Waals surface area contributed by atoms with E-state index < -0.39 is 97.7 Å². The number of carbonyl (C=O) groups excluding carboxylic acids is 6. The van der Waals surface area contributed by atoms with Crippen LogP contribution in [-0.4, -0.2) is 47.1 Å². The quantitative estimate of drug-likeness (QED) is 0.438. The fourth-order valence-electron chi connectivity index (χ4n) is 4.97. The third kappa shape index (κ3) is 3.41. The normalized spacial score (nSPS) is 19.8. The van der Waals surface area contributed by atoms with Crippen molar-refractivity contribution >= 4 is 34.7 Å². The van der Waals surface area contributed by atoms with Crippen LogP contribution in [0.2, 0.25) is 0 Å².